The molecule has 0 radical (unpaired) electrons. The SMILES string of the molecule is COC(=O)c1cc(CBr)cc(Cl)c1Cl. The molecule has 76 valence electrons. The summed E-state index contributed by atoms with van der Waals surface area (Å²) in [5, 5.41) is 1.18. The number of methoxy groups -OCH3 is 1. The van der Waals surface area contributed by atoms with Gasteiger partial charge < -0.3 is 4.74 Å². The zero-order chi connectivity index (χ0) is 10.7. The smallest absolute Gasteiger partial charge is 0.339 e. The van der Waals surface area contributed by atoms with Gasteiger partial charge in [-0.25, -0.2) is 4.79 Å². The first-order chi connectivity index (χ1) is 6.60. The number of alkyl halides is 1. The largest absolute Gasteiger partial charge is 0.465 e. The Labute approximate surface area is 100 Å². The molecule has 0 aliphatic heterocycles. The number of ether oxygens (including phenoxy) is 1. The molecule has 0 unspecified atom stereocenters. The first kappa shape index (κ1) is 11.8. The minimum absolute atomic E-state index is 0.225. The van der Waals surface area contributed by atoms with Crippen LogP contribution in [0.15, 0.2) is 12.1 Å². The van der Waals surface area contributed by atoms with E-state index in [1.165, 1.54) is 7.11 Å². The van der Waals surface area contributed by atoms with Crippen molar-refractivity contribution in [1.29, 1.82) is 0 Å². The van der Waals surface area contributed by atoms with Gasteiger partial charge in [0.1, 0.15) is 0 Å². The number of esters is 1. The lowest BCUT2D eigenvalue weighted by molar-refractivity contribution is 0.0601. The van der Waals surface area contributed by atoms with E-state index in [4.69, 9.17) is 23.2 Å². The van der Waals surface area contributed by atoms with E-state index in [0.29, 0.717) is 10.4 Å². The summed E-state index contributed by atoms with van der Waals surface area (Å²) >= 11 is 15.0. The van der Waals surface area contributed by atoms with E-state index < -0.39 is 5.97 Å². The molecule has 5 heteroatoms. The van der Waals surface area contributed by atoms with Crippen LogP contribution in [0.3, 0.4) is 0 Å². The van der Waals surface area contributed by atoms with Gasteiger partial charge in [0.05, 0.1) is 22.7 Å². The fourth-order valence-electron chi connectivity index (χ4n) is 0.981. The molecule has 0 aliphatic rings. The first-order valence-electron chi connectivity index (χ1n) is 3.72. The maximum atomic E-state index is 11.3. The molecular formula is C9H7BrCl2O2. The highest BCUT2D eigenvalue weighted by Crippen LogP contribution is 2.28. The quantitative estimate of drug-likeness (QED) is 0.615. The molecule has 0 aliphatic carbocycles. The van der Waals surface area contributed by atoms with Gasteiger partial charge in [-0.2, -0.15) is 0 Å². The summed E-state index contributed by atoms with van der Waals surface area (Å²) in [7, 11) is 1.30. The van der Waals surface area contributed by atoms with Gasteiger partial charge in [0.25, 0.3) is 0 Å². The van der Waals surface area contributed by atoms with Crippen molar-refractivity contribution in [3.63, 3.8) is 0 Å². The van der Waals surface area contributed by atoms with Crippen molar-refractivity contribution in [3.8, 4) is 0 Å². The third kappa shape index (κ3) is 2.41. The summed E-state index contributed by atoms with van der Waals surface area (Å²) in [6, 6.07) is 3.35. The van der Waals surface area contributed by atoms with E-state index in [0.717, 1.165) is 5.56 Å². The summed E-state index contributed by atoms with van der Waals surface area (Å²) in [6.07, 6.45) is 0. The molecule has 1 rings (SSSR count). The Morgan fingerprint density at radius 1 is 1.50 bits per heavy atom. The van der Waals surface area contributed by atoms with Crippen molar-refractivity contribution in [2.75, 3.05) is 7.11 Å². The van der Waals surface area contributed by atoms with Crippen LogP contribution in [0.25, 0.3) is 0 Å². The summed E-state index contributed by atoms with van der Waals surface area (Å²) in [5.74, 6) is -0.486. The van der Waals surface area contributed by atoms with Crippen LogP contribution in [-0.4, -0.2) is 13.1 Å². The zero-order valence-corrected chi connectivity index (χ0v) is 10.4. The van der Waals surface area contributed by atoms with Crippen LogP contribution in [0.5, 0.6) is 0 Å². The Morgan fingerprint density at radius 3 is 2.64 bits per heavy atom. The summed E-state index contributed by atoms with van der Waals surface area (Å²) < 4.78 is 4.57. The van der Waals surface area contributed by atoms with Crippen LogP contribution < -0.4 is 0 Å². The second-order valence-electron chi connectivity index (χ2n) is 2.56. The van der Waals surface area contributed by atoms with Crippen molar-refractivity contribution < 1.29 is 9.53 Å². The molecule has 2 nitrogen and oxygen atoms in total. The number of halogens is 3. The van der Waals surface area contributed by atoms with E-state index >= 15 is 0 Å². The lowest BCUT2D eigenvalue weighted by Gasteiger charge is -2.06. The van der Waals surface area contributed by atoms with Gasteiger partial charge in [-0.15, -0.1) is 0 Å². The third-order valence-corrected chi connectivity index (χ3v) is 3.10. The number of benzene rings is 1. The monoisotopic (exact) mass is 296 g/mol. The van der Waals surface area contributed by atoms with Crippen LogP contribution in [0, 0.1) is 0 Å². The molecule has 0 aromatic heterocycles. The molecular weight excluding hydrogens is 291 g/mol. The van der Waals surface area contributed by atoms with Gasteiger partial charge in [0.2, 0.25) is 0 Å². The summed E-state index contributed by atoms with van der Waals surface area (Å²) in [6.45, 7) is 0. The molecule has 0 N–H and O–H groups in total. The molecule has 14 heavy (non-hydrogen) atoms. The number of carbonyl (C=O) groups excluding carboxylic acids is 1. The van der Waals surface area contributed by atoms with E-state index in [-0.39, 0.29) is 10.6 Å². The molecule has 0 amide bonds. The lowest BCUT2D eigenvalue weighted by atomic mass is 10.1. The Bertz CT molecular complexity index is 366. The van der Waals surface area contributed by atoms with Crippen molar-refractivity contribution >= 4 is 45.1 Å². The Hall–Kier alpha value is -0.250. The second-order valence-corrected chi connectivity index (χ2v) is 3.91. The van der Waals surface area contributed by atoms with Crippen LogP contribution in [0.1, 0.15) is 15.9 Å². The molecule has 0 fully saturated rings. The van der Waals surface area contributed by atoms with Gasteiger partial charge in [-0.05, 0) is 17.7 Å². The Morgan fingerprint density at radius 2 is 2.14 bits per heavy atom. The summed E-state index contributed by atoms with van der Waals surface area (Å²) in [5.41, 5.74) is 1.16. The third-order valence-electron chi connectivity index (χ3n) is 1.65. The van der Waals surface area contributed by atoms with Gasteiger partial charge >= 0.3 is 5.97 Å². The second kappa shape index (κ2) is 5.01. The van der Waals surface area contributed by atoms with Crippen molar-refractivity contribution in [3.05, 3.63) is 33.3 Å². The molecule has 0 atom stereocenters. The predicted octanol–water partition coefficient (Wildman–Crippen LogP) is 3.67. The van der Waals surface area contributed by atoms with Crippen LogP contribution in [0.2, 0.25) is 10.0 Å². The molecule has 0 saturated heterocycles. The molecule has 0 spiro atoms. The van der Waals surface area contributed by atoms with E-state index in [2.05, 4.69) is 20.7 Å². The Kier molecular flexibility index (Phi) is 4.23. The van der Waals surface area contributed by atoms with E-state index in [1.54, 1.807) is 12.1 Å². The average molecular weight is 298 g/mol. The van der Waals surface area contributed by atoms with Crippen LogP contribution in [0.4, 0.5) is 0 Å². The van der Waals surface area contributed by atoms with Gasteiger partial charge in [0, 0.05) is 5.33 Å². The highest BCUT2D eigenvalue weighted by molar-refractivity contribution is 9.08. The standard InChI is InChI=1S/C9H7BrCl2O2/c1-14-9(13)6-2-5(4-10)3-7(11)8(6)12/h2-3H,4H2,1H3. The van der Waals surface area contributed by atoms with E-state index in [1.807, 2.05) is 0 Å². The van der Waals surface area contributed by atoms with Gasteiger partial charge in [-0.1, -0.05) is 39.1 Å². The first-order valence-corrected chi connectivity index (χ1v) is 5.60. The van der Waals surface area contributed by atoms with Crippen LogP contribution >= 0.6 is 39.1 Å². The number of carbonyl (C=O) groups is 1. The molecule has 0 bridgehead atoms. The number of hydrogen-bond acceptors (Lipinski definition) is 2. The molecule has 0 heterocycles. The lowest BCUT2D eigenvalue weighted by Crippen LogP contribution is -2.03. The highest BCUT2D eigenvalue weighted by atomic mass is 79.9. The molecule has 1 aromatic carbocycles. The normalized spacial score (nSPS) is 10.0. The fourth-order valence-corrected chi connectivity index (χ4v) is 1.73. The summed E-state index contributed by atoms with van der Waals surface area (Å²) in [4.78, 5) is 11.3. The minimum atomic E-state index is -0.486. The van der Waals surface area contributed by atoms with E-state index in [9.17, 15) is 4.79 Å². The van der Waals surface area contributed by atoms with Gasteiger partial charge in [0.15, 0.2) is 0 Å². The number of hydrogen-bond donors (Lipinski definition) is 0. The van der Waals surface area contributed by atoms with Crippen molar-refractivity contribution in [1.82, 2.24) is 0 Å². The predicted molar refractivity (Wildman–Crippen MR) is 60.4 cm³/mol. The van der Waals surface area contributed by atoms with Crippen molar-refractivity contribution in [2.24, 2.45) is 0 Å². The van der Waals surface area contributed by atoms with Crippen molar-refractivity contribution in [2.45, 2.75) is 5.33 Å². The Balaban J connectivity index is 3.27. The topological polar surface area (TPSA) is 26.3 Å². The maximum Gasteiger partial charge on any atom is 0.339 e. The fraction of sp³-hybridized carbons (Fsp3) is 0.222. The minimum Gasteiger partial charge on any atom is -0.465 e. The molecule has 0 saturated carbocycles. The van der Waals surface area contributed by atoms with Gasteiger partial charge in [-0.3, -0.25) is 0 Å². The zero-order valence-electron chi connectivity index (χ0n) is 7.31. The maximum absolute atomic E-state index is 11.3. The number of rotatable bonds is 2. The highest BCUT2D eigenvalue weighted by Gasteiger charge is 2.14. The van der Waals surface area contributed by atoms with Crippen LogP contribution in [-0.2, 0) is 10.1 Å². The average Bonchev–Trinajstić information content (AvgIpc) is 2.20. The molecule has 1 aromatic rings.